The minimum atomic E-state index is -1.03. The van der Waals surface area contributed by atoms with Crippen molar-refractivity contribution >= 4 is 29.3 Å². The molecule has 2 aromatic rings. The summed E-state index contributed by atoms with van der Waals surface area (Å²) in [5.41, 5.74) is 1.35. The van der Waals surface area contributed by atoms with Crippen LogP contribution in [0.1, 0.15) is 35.3 Å². The standard InChI is InChI=1S/C18H22N2O4.ClH/c1-23-14-8-6-7-12-15(14)17(24-2)16(18(21)22)13(19-12)11-20-9-4-3-5-10-20;/h6-8H,3-5,9-11H2,1-2H3,(H,21,22);1H. The number of nitrogens with zero attached hydrogens (tertiary/aromatic N) is 2. The van der Waals surface area contributed by atoms with Crippen molar-refractivity contribution in [2.24, 2.45) is 0 Å². The van der Waals surface area contributed by atoms with E-state index in [1.165, 1.54) is 13.5 Å². The zero-order valence-corrected chi connectivity index (χ0v) is 15.3. The zero-order valence-electron chi connectivity index (χ0n) is 14.4. The molecule has 1 aromatic carbocycles. The predicted octanol–water partition coefficient (Wildman–Crippen LogP) is 3.36. The fraction of sp³-hybridized carbons (Fsp3) is 0.444. The van der Waals surface area contributed by atoms with Gasteiger partial charge in [0.1, 0.15) is 17.1 Å². The normalized spacial score (nSPS) is 14.8. The minimum absolute atomic E-state index is 0. The zero-order chi connectivity index (χ0) is 17.1. The number of hydrogen-bond donors (Lipinski definition) is 1. The second-order valence-electron chi connectivity index (χ2n) is 5.96. The summed E-state index contributed by atoms with van der Waals surface area (Å²) in [4.78, 5) is 18.8. The molecule has 1 aliphatic heterocycles. The molecule has 0 bridgehead atoms. The number of rotatable bonds is 5. The van der Waals surface area contributed by atoms with Crippen LogP contribution in [0.3, 0.4) is 0 Å². The number of carboxylic acids is 1. The van der Waals surface area contributed by atoms with E-state index in [4.69, 9.17) is 9.47 Å². The van der Waals surface area contributed by atoms with E-state index in [9.17, 15) is 9.90 Å². The number of ether oxygens (including phenoxy) is 2. The van der Waals surface area contributed by atoms with Gasteiger partial charge in [0.15, 0.2) is 0 Å². The number of piperidine rings is 1. The van der Waals surface area contributed by atoms with E-state index in [-0.39, 0.29) is 18.0 Å². The molecule has 1 saturated heterocycles. The van der Waals surface area contributed by atoms with Gasteiger partial charge in [-0.1, -0.05) is 12.5 Å². The van der Waals surface area contributed by atoms with Gasteiger partial charge in [-0.05, 0) is 38.1 Å². The van der Waals surface area contributed by atoms with E-state index in [1.54, 1.807) is 13.2 Å². The molecule has 25 heavy (non-hydrogen) atoms. The molecular formula is C18H23ClN2O4. The van der Waals surface area contributed by atoms with E-state index in [0.29, 0.717) is 34.6 Å². The largest absolute Gasteiger partial charge is 0.496 e. The lowest BCUT2D eigenvalue weighted by atomic mass is 10.0. The molecule has 1 N–H and O–H groups in total. The molecule has 0 saturated carbocycles. The van der Waals surface area contributed by atoms with Crippen molar-refractivity contribution in [3.05, 3.63) is 29.5 Å². The Morgan fingerprint density at radius 2 is 1.92 bits per heavy atom. The Bertz CT molecular complexity index is 760. The van der Waals surface area contributed by atoms with E-state index in [1.807, 2.05) is 12.1 Å². The highest BCUT2D eigenvalue weighted by Gasteiger charge is 2.25. The van der Waals surface area contributed by atoms with Crippen LogP contribution in [-0.2, 0) is 6.54 Å². The van der Waals surface area contributed by atoms with Gasteiger partial charge in [-0.3, -0.25) is 9.88 Å². The van der Waals surface area contributed by atoms with Crippen molar-refractivity contribution in [3.8, 4) is 11.5 Å². The molecule has 0 spiro atoms. The first-order chi connectivity index (χ1) is 11.7. The summed E-state index contributed by atoms with van der Waals surface area (Å²) in [5.74, 6) is -0.153. The van der Waals surface area contributed by atoms with Crippen LogP contribution in [-0.4, -0.2) is 48.3 Å². The van der Waals surface area contributed by atoms with Gasteiger partial charge in [0.2, 0.25) is 0 Å². The van der Waals surface area contributed by atoms with Crippen LogP contribution >= 0.6 is 12.4 Å². The Hall–Kier alpha value is -2.05. The van der Waals surface area contributed by atoms with Gasteiger partial charge in [0.25, 0.3) is 0 Å². The SMILES string of the molecule is COc1cccc2nc(CN3CCCCC3)c(C(=O)O)c(OC)c12.Cl. The number of pyridine rings is 1. The molecule has 0 amide bonds. The maximum absolute atomic E-state index is 11.9. The van der Waals surface area contributed by atoms with Crippen LogP contribution in [0, 0.1) is 0 Å². The van der Waals surface area contributed by atoms with Crippen molar-refractivity contribution in [3.63, 3.8) is 0 Å². The Labute approximate surface area is 153 Å². The van der Waals surface area contributed by atoms with Gasteiger partial charge < -0.3 is 14.6 Å². The topological polar surface area (TPSA) is 71.9 Å². The van der Waals surface area contributed by atoms with Crippen molar-refractivity contribution in [1.82, 2.24) is 9.88 Å². The second-order valence-corrected chi connectivity index (χ2v) is 5.96. The molecule has 1 aliphatic rings. The third kappa shape index (κ3) is 3.80. The van der Waals surface area contributed by atoms with Crippen LogP contribution in [0.15, 0.2) is 18.2 Å². The summed E-state index contributed by atoms with van der Waals surface area (Å²) in [6.45, 7) is 2.46. The third-order valence-electron chi connectivity index (χ3n) is 4.46. The quantitative estimate of drug-likeness (QED) is 0.874. The van der Waals surface area contributed by atoms with E-state index < -0.39 is 5.97 Å². The molecule has 0 unspecified atom stereocenters. The van der Waals surface area contributed by atoms with Gasteiger partial charge in [-0.15, -0.1) is 12.4 Å². The molecule has 0 atom stereocenters. The molecular weight excluding hydrogens is 344 g/mol. The fourth-order valence-corrected chi connectivity index (χ4v) is 3.34. The molecule has 2 heterocycles. The van der Waals surface area contributed by atoms with Crippen LogP contribution in [0.25, 0.3) is 10.9 Å². The van der Waals surface area contributed by atoms with Gasteiger partial charge in [0.05, 0.1) is 30.8 Å². The third-order valence-corrected chi connectivity index (χ3v) is 4.46. The molecule has 1 aromatic heterocycles. The number of hydrogen-bond acceptors (Lipinski definition) is 5. The molecule has 1 fully saturated rings. The first-order valence-electron chi connectivity index (χ1n) is 8.15. The molecule has 3 rings (SSSR count). The molecule has 7 heteroatoms. The Morgan fingerprint density at radius 1 is 1.20 bits per heavy atom. The Balaban J connectivity index is 0.00000225. The average molecular weight is 367 g/mol. The maximum atomic E-state index is 11.9. The first kappa shape index (κ1) is 19.3. The Morgan fingerprint density at radius 3 is 2.52 bits per heavy atom. The monoisotopic (exact) mass is 366 g/mol. The molecule has 0 radical (unpaired) electrons. The number of carbonyl (C=O) groups is 1. The van der Waals surface area contributed by atoms with E-state index in [2.05, 4.69) is 9.88 Å². The van der Waals surface area contributed by atoms with Crippen molar-refractivity contribution in [1.29, 1.82) is 0 Å². The highest BCUT2D eigenvalue weighted by atomic mass is 35.5. The smallest absolute Gasteiger partial charge is 0.341 e. The first-order valence-corrected chi connectivity index (χ1v) is 8.15. The van der Waals surface area contributed by atoms with Crippen LogP contribution < -0.4 is 9.47 Å². The summed E-state index contributed by atoms with van der Waals surface area (Å²) in [6, 6.07) is 5.48. The number of halogens is 1. The molecule has 136 valence electrons. The number of fused-ring (bicyclic) bond motifs is 1. The lowest BCUT2D eigenvalue weighted by molar-refractivity contribution is 0.0690. The van der Waals surface area contributed by atoms with Crippen molar-refractivity contribution < 1.29 is 19.4 Å². The lowest BCUT2D eigenvalue weighted by Gasteiger charge is -2.27. The summed E-state index contributed by atoms with van der Waals surface area (Å²) in [6.07, 6.45) is 3.51. The van der Waals surface area contributed by atoms with Crippen LogP contribution in [0.2, 0.25) is 0 Å². The van der Waals surface area contributed by atoms with Gasteiger partial charge in [0, 0.05) is 6.54 Å². The number of methoxy groups -OCH3 is 2. The number of benzene rings is 1. The fourth-order valence-electron chi connectivity index (χ4n) is 3.34. The minimum Gasteiger partial charge on any atom is -0.496 e. The summed E-state index contributed by atoms with van der Waals surface area (Å²) in [7, 11) is 3.04. The van der Waals surface area contributed by atoms with Gasteiger partial charge in [-0.2, -0.15) is 0 Å². The Kier molecular flexibility index (Phi) is 6.45. The van der Waals surface area contributed by atoms with Crippen LogP contribution in [0.5, 0.6) is 11.5 Å². The van der Waals surface area contributed by atoms with Gasteiger partial charge in [-0.25, -0.2) is 4.79 Å². The second kappa shape index (κ2) is 8.36. The average Bonchev–Trinajstić information content (AvgIpc) is 2.60. The predicted molar refractivity (Wildman–Crippen MR) is 98.2 cm³/mol. The number of likely N-dealkylation sites (tertiary alicyclic amines) is 1. The summed E-state index contributed by atoms with van der Waals surface area (Å²) < 4.78 is 10.8. The van der Waals surface area contributed by atoms with Crippen molar-refractivity contribution in [2.75, 3.05) is 27.3 Å². The molecule has 6 nitrogen and oxygen atoms in total. The van der Waals surface area contributed by atoms with Crippen molar-refractivity contribution in [2.45, 2.75) is 25.8 Å². The lowest BCUT2D eigenvalue weighted by Crippen LogP contribution is -2.30. The molecule has 0 aliphatic carbocycles. The highest BCUT2D eigenvalue weighted by molar-refractivity contribution is 6.02. The van der Waals surface area contributed by atoms with Gasteiger partial charge >= 0.3 is 5.97 Å². The van der Waals surface area contributed by atoms with E-state index >= 15 is 0 Å². The highest BCUT2D eigenvalue weighted by Crippen LogP contribution is 2.37. The maximum Gasteiger partial charge on any atom is 0.341 e. The van der Waals surface area contributed by atoms with Crippen LogP contribution in [0.4, 0.5) is 0 Å². The number of carboxylic acid groups (broad SMARTS) is 1. The summed E-state index contributed by atoms with van der Waals surface area (Å²) >= 11 is 0. The number of aromatic carboxylic acids is 1. The van der Waals surface area contributed by atoms with E-state index in [0.717, 1.165) is 25.9 Å². The number of aromatic nitrogens is 1. The summed E-state index contributed by atoms with van der Waals surface area (Å²) in [5, 5.41) is 10.4.